The van der Waals surface area contributed by atoms with Gasteiger partial charge >= 0.3 is 6.03 Å². The summed E-state index contributed by atoms with van der Waals surface area (Å²) in [6.07, 6.45) is 4.68. The van der Waals surface area contributed by atoms with Gasteiger partial charge in [0.2, 0.25) is 5.91 Å². The maximum Gasteiger partial charge on any atom is 0.317 e. The number of hydrogen-bond acceptors (Lipinski definition) is 3. The van der Waals surface area contributed by atoms with E-state index in [1.54, 1.807) is 6.20 Å². The molecule has 0 radical (unpaired) electrons. The van der Waals surface area contributed by atoms with E-state index in [0.717, 1.165) is 25.0 Å². The Kier molecular flexibility index (Phi) is 7.61. The summed E-state index contributed by atoms with van der Waals surface area (Å²) in [5, 5.41) is 3.17. The lowest BCUT2D eigenvalue weighted by Gasteiger charge is -2.33. The van der Waals surface area contributed by atoms with Crippen LogP contribution in [0.2, 0.25) is 0 Å². The van der Waals surface area contributed by atoms with Gasteiger partial charge in [-0.25, -0.2) is 4.79 Å². The highest BCUT2D eigenvalue weighted by atomic mass is 16.2. The van der Waals surface area contributed by atoms with Gasteiger partial charge in [0.05, 0.1) is 12.2 Å². The van der Waals surface area contributed by atoms with E-state index in [4.69, 9.17) is 0 Å². The molecule has 1 aromatic carbocycles. The third-order valence-electron chi connectivity index (χ3n) is 5.36. The first kappa shape index (κ1) is 20.8. The smallest absolute Gasteiger partial charge is 0.317 e. The quantitative estimate of drug-likeness (QED) is 0.784. The third kappa shape index (κ3) is 6.31. The van der Waals surface area contributed by atoms with Gasteiger partial charge in [0, 0.05) is 38.3 Å². The zero-order chi connectivity index (χ0) is 20.5. The zero-order valence-electron chi connectivity index (χ0n) is 17.1. The molecule has 1 aromatic heterocycles. The van der Waals surface area contributed by atoms with Gasteiger partial charge in [-0.2, -0.15) is 0 Å². The van der Waals surface area contributed by atoms with Crippen molar-refractivity contribution in [2.45, 2.75) is 45.2 Å². The predicted octanol–water partition coefficient (Wildman–Crippen LogP) is 3.24. The Labute approximate surface area is 172 Å². The van der Waals surface area contributed by atoms with Crippen LogP contribution in [0.15, 0.2) is 54.7 Å². The lowest BCUT2D eigenvalue weighted by molar-refractivity contribution is -0.131. The minimum Gasteiger partial charge on any atom is -0.343 e. The van der Waals surface area contributed by atoms with Crippen molar-refractivity contribution in [1.29, 1.82) is 0 Å². The molecule has 0 aliphatic carbocycles. The fraction of sp³-hybridized carbons (Fsp3) is 0.435. The first-order valence-electron chi connectivity index (χ1n) is 10.4. The molecule has 1 fully saturated rings. The monoisotopic (exact) mass is 394 g/mol. The Bertz CT molecular complexity index is 774. The van der Waals surface area contributed by atoms with Crippen molar-refractivity contribution in [3.8, 4) is 0 Å². The molecule has 6 heteroatoms. The highest BCUT2D eigenvalue weighted by molar-refractivity contribution is 5.76. The summed E-state index contributed by atoms with van der Waals surface area (Å²) in [4.78, 5) is 33.0. The van der Waals surface area contributed by atoms with E-state index >= 15 is 0 Å². The van der Waals surface area contributed by atoms with E-state index in [1.165, 1.54) is 5.56 Å². The number of benzene rings is 1. The van der Waals surface area contributed by atoms with Crippen LogP contribution in [-0.4, -0.2) is 52.4 Å². The average molecular weight is 395 g/mol. The third-order valence-corrected chi connectivity index (χ3v) is 5.36. The number of pyridine rings is 1. The molecule has 1 aliphatic rings. The van der Waals surface area contributed by atoms with Gasteiger partial charge in [-0.05, 0) is 37.0 Å². The van der Waals surface area contributed by atoms with Crippen molar-refractivity contribution in [3.05, 3.63) is 66.0 Å². The van der Waals surface area contributed by atoms with Gasteiger partial charge in [0.15, 0.2) is 0 Å². The summed E-state index contributed by atoms with van der Waals surface area (Å²) >= 11 is 0. The fourth-order valence-corrected chi connectivity index (χ4v) is 3.61. The number of nitrogens with zero attached hydrogens (tertiary/aromatic N) is 3. The molecule has 29 heavy (non-hydrogen) atoms. The van der Waals surface area contributed by atoms with Crippen molar-refractivity contribution >= 4 is 11.9 Å². The molecule has 0 spiro atoms. The Morgan fingerprint density at radius 3 is 2.48 bits per heavy atom. The molecule has 154 valence electrons. The van der Waals surface area contributed by atoms with Crippen LogP contribution in [0.1, 0.15) is 37.4 Å². The molecule has 3 rings (SSSR count). The second-order valence-corrected chi connectivity index (χ2v) is 7.44. The van der Waals surface area contributed by atoms with Gasteiger partial charge in [-0.1, -0.05) is 43.3 Å². The van der Waals surface area contributed by atoms with E-state index in [2.05, 4.69) is 22.4 Å². The van der Waals surface area contributed by atoms with Crippen molar-refractivity contribution in [1.82, 2.24) is 20.1 Å². The summed E-state index contributed by atoms with van der Waals surface area (Å²) in [5.74, 6) is 0.189. The van der Waals surface area contributed by atoms with Crippen LogP contribution in [-0.2, 0) is 17.8 Å². The number of amides is 3. The minimum absolute atomic E-state index is 0.0631. The molecule has 6 nitrogen and oxygen atoms in total. The highest BCUT2D eigenvalue weighted by Crippen LogP contribution is 2.13. The number of aromatic nitrogens is 1. The SMILES string of the molecule is CCC(=O)N1CCC(NC(=O)N(CCc2ccccc2)Cc2ccccn2)CC1. The maximum absolute atomic E-state index is 13.0. The Morgan fingerprint density at radius 1 is 1.10 bits per heavy atom. The van der Waals surface area contributed by atoms with Crippen LogP contribution >= 0.6 is 0 Å². The summed E-state index contributed by atoms with van der Waals surface area (Å²) in [6.45, 7) is 4.41. The summed E-state index contributed by atoms with van der Waals surface area (Å²) < 4.78 is 0. The molecule has 2 aromatic rings. The van der Waals surface area contributed by atoms with E-state index in [0.29, 0.717) is 32.6 Å². The molecule has 0 atom stereocenters. The first-order chi connectivity index (χ1) is 14.2. The van der Waals surface area contributed by atoms with Crippen molar-refractivity contribution in [3.63, 3.8) is 0 Å². The number of urea groups is 1. The molecular weight excluding hydrogens is 364 g/mol. The number of carbonyl (C=O) groups is 2. The van der Waals surface area contributed by atoms with Crippen LogP contribution < -0.4 is 5.32 Å². The topological polar surface area (TPSA) is 65.5 Å². The Hall–Kier alpha value is -2.89. The average Bonchev–Trinajstić information content (AvgIpc) is 2.78. The van der Waals surface area contributed by atoms with Crippen LogP contribution in [0.4, 0.5) is 4.79 Å². The van der Waals surface area contributed by atoms with Crippen LogP contribution in [0.3, 0.4) is 0 Å². The molecule has 0 bridgehead atoms. The Morgan fingerprint density at radius 2 is 1.83 bits per heavy atom. The van der Waals surface area contributed by atoms with Gasteiger partial charge < -0.3 is 15.1 Å². The number of rotatable bonds is 7. The first-order valence-corrected chi connectivity index (χ1v) is 10.4. The van der Waals surface area contributed by atoms with Gasteiger partial charge in [-0.3, -0.25) is 9.78 Å². The van der Waals surface area contributed by atoms with E-state index in [1.807, 2.05) is 53.1 Å². The Balaban J connectivity index is 1.58. The number of piperidine rings is 1. The summed E-state index contributed by atoms with van der Waals surface area (Å²) in [5.41, 5.74) is 2.08. The standard InChI is InChI=1S/C23H30N4O2/c1-2-22(28)26-16-12-20(13-17-26)25-23(29)27(18-21-10-6-7-14-24-21)15-11-19-8-4-3-5-9-19/h3-10,14,20H,2,11-13,15-18H2,1H3,(H,25,29). The summed E-state index contributed by atoms with van der Waals surface area (Å²) in [6, 6.07) is 16.0. The molecule has 1 aliphatic heterocycles. The van der Waals surface area contributed by atoms with Crippen LogP contribution in [0.5, 0.6) is 0 Å². The fourth-order valence-electron chi connectivity index (χ4n) is 3.61. The van der Waals surface area contributed by atoms with Crippen LogP contribution in [0, 0.1) is 0 Å². The number of carbonyl (C=O) groups excluding carboxylic acids is 2. The lowest BCUT2D eigenvalue weighted by atomic mass is 10.0. The minimum atomic E-state index is -0.0631. The number of hydrogen-bond donors (Lipinski definition) is 1. The van der Waals surface area contributed by atoms with Crippen molar-refractivity contribution in [2.75, 3.05) is 19.6 Å². The van der Waals surface area contributed by atoms with Gasteiger partial charge in [-0.15, -0.1) is 0 Å². The highest BCUT2D eigenvalue weighted by Gasteiger charge is 2.25. The summed E-state index contributed by atoms with van der Waals surface area (Å²) in [7, 11) is 0. The second-order valence-electron chi connectivity index (χ2n) is 7.44. The van der Waals surface area contributed by atoms with Crippen molar-refractivity contribution < 1.29 is 9.59 Å². The molecule has 1 N–H and O–H groups in total. The van der Waals surface area contributed by atoms with Gasteiger partial charge in [0.25, 0.3) is 0 Å². The number of nitrogens with one attached hydrogen (secondary N) is 1. The molecule has 3 amide bonds. The van der Waals surface area contributed by atoms with E-state index in [-0.39, 0.29) is 18.0 Å². The molecule has 0 saturated carbocycles. The zero-order valence-corrected chi connectivity index (χ0v) is 17.1. The molecular formula is C23H30N4O2. The maximum atomic E-state index is 13.0. The molecule has 1 saturated heterocycles. The van der Waals surface area contributed by atoms with Crippen LogP contribution in [0.25, 0.3) is 0 Å². The van der Waals surface area contributed by atoms with Crippen molar-refractivity contribution in [2.24, 2.45) is 0 Å². The largest absolute Gasteiger partial charge is 0.343 e. The number of likely N-dealkylation sites (tertiary alicyclic amines) is 1. The van der Waals surface area contributed by atoms with E-state index < -0.39 is 0 Å². The second kappa shape index (κ2) is 10.6. The normalized spacial score (nSPS) is 14.4. The lowest BCUT2D eigenvalue weighted by Crippen LogP contribution is -2.50. The molecule has 0 unspecified atom stereocenters. The predicted molar refractivity (Wildman–Crippen MR) is 113 cm³/mol. The molecule has 2 heterocycles. The van der Waals surface area contributed by atoms with Gasteiger partial charge in [0.1, 0.15) is 0 Å². The van der Waals surface area contributed by atoms with E-state index in [9.17, 15) is 9.59 Å².